The van der Waals surface area contributed by atoms with Crippen LogP contribution in [0.3, 0.4) is 0 Å². The molecule has 1 saturated carbocycles. The third kappa shape index (κ3) is 2.05. The van der Waals surface area contributed by atoms with Crippen molar-refractivity contribution in [2.45, 2.75) is 19.3 Å². The van der Waals surface area contributed by atoms with Gasteiger partial charge >= 0.3 is 0 Å². The fourth-order valence-electron chi connectivity index (χ4n) is 2.47. The van der Waals surface area contributed by atoms with Crippen LogP contribution < -0.4 is 11.6 Å². The van der Waals surface area contributed by atoms with Crippen LogP contribution in [0, 0.1) is 17.8 Å². The number of nitrogens with two attached hydrogens (primary N) is 2. The van der Waals surface area contributed by atoms with Gasteiger partial charge in [-0.25, -0.2) is 0 Å². The molecule has 2 bridgehead atoms. The lowest BCUT2D eigenvalue weighted by molar-refractivity contribution is 0.243. The molecule has 0 radical (unpaired) electrons. The van der Waals surface area contributed by atoms with Crippen LogP contribution in [0.4, 0.5) is 0 Å². The Morgan fingerprint density at radius 2 is 2.29 bits per heavy atom. The number of thioether (sulfide) groups is 1. The Morgan fingerprint density at radius 3 is 2.79 bits per heavy atom. The predicted octanol–water partition coefficient (Wildman–Crippen LogP) is 1.51. The second-order valence-electron chi connectivity index (χ2n) is 4.16. The Balaban J connectivity index is 1.85. The number of fused-ring (bicyclic) bond motifs is 2. The first-order valence-corrected chi connectivity index (χ1v) is 6.12. The van der Waals surface area contributed by atoms with Gasteiger partial charge in [0.2, 0.25) is 0 Å². The molecule has 3 aliphatic rings. The summed E-state index contributed by atoms with van der Waals surface area (Å²) in [5.41, 5.74) is 5.56. The van der Waals surface area contributed by atoms with E-state index in [4.69, 9.17) is 11.6 Å². The van der Waals surface area contributed by atoms with E-state index in [2.05, 4.69) is 17.3 Å². The summed E-state index contributed by atoms with van der Waals surface area (Å²) in [5, 5.41) is 3.98. The van der Waals surface area contributed by atoms with Gasteiger partial charge in [-0.05, 0) is 37.0 Å². The highest BCUT2D eigenvalue weighted by atomic mass is 32.2. The molecule has 3 unspecified atom stereocenters. The van der Waals surface area contributed by atoms with E-state index in [1.807, 2.05) is 0 Å². The zero-order chi connectivity index (χ0) is 9.97. The third-order valence-electron chi connectivity index (χ3n) is 3.28. The first kappa shape index (κ1) is 9.90. The van der Waals surface area contributed by atoms with Gasteiger partial charge in [-0.3, -0.25) is 0 Å². The molecule has 0 heterocycles. The second kappa shape index (κ2) is 4.26. The van der Waals surface area contributed by atoms with E-state index in [1.165, 1.54) is 19.3 Å². The summed E-state index contributed by atoms with van der Waals surface area (Å²) in [5.74, 6) is 8.54. The van der Waals surface area contributed by atoms with Crippen molar-refractivity contribution < 1.29 is 0 Å². The van der Waals surface area contributed by atoms with Gasteiger partial charge in [-0.2, -0.15) is 5.10 Å². The van der Waals surface area contributed by atoms with E-state index in [0.717, 1.165) is 23.5 Å². The van der Waals surface area contributed by atoms with Crippen molar-refractivity contribution in [3.8, 4) is 0 Å². The zero-order valence-electron chi connectivity index (χ0n) is 8.23. The van der Waals surface area contributed by atoms with Gasteiger partial charge in [0.1, 0.15) is 0 Å². The van der Waals surface area contributed by atoms with Crippen LogP contribution in [-0.4, -0.2) is 10.9 Å². The Kier molecular flexibility index (Phi) is 3.01. The SMILES string of the molecule is N/N=C(/N)SCC1CC2C=CC1CC2. The van der Waals surface area contributed by atoms with E-state index >= 15 is 0 Å². The first-order chi connectivity index (χ1) is 6.79. The highest BCUT2D eigenvalue weighted by Gasteiger charge is 2.31. The third-order valence-corrected chi connectivity index (χ3v) is 4.28. The molecule has 0 aromatic heterocycles. The smallest absolute Gasteiger partial charge is 0.177 e. The van der Waals surface area contributed by atoms with Crippen molar-refractivity contribution in [1.29, 1.82) is 0 Å². The van der Waals surface area contributed by atoms with Crippen molar-refractivity contribution in [3.63, 3.8) is 0 Å². The summed E-state index contributed by atoms with van der Waals surface area (Å²) < 4.78 is 0. The van der Waals surface area contributed by atoms with Gasteiger partial charge in [0.25, 0.3) is 0 Å². The molecule has 3 atom stereocenters. The Bertz CT molecular complexity index is 262. The van der Waals surface area contributed by atoms with Gasteiger partial charge in [0.15, 0.2) is 5.17 Å². The number of rotatable bonds is 2. The van der Waals surface area contributed by atoms with Crippen molar-refractivity contribution in [2.75, 3.05) is 5.75 Å². The van der Waals surface area contributed by atoms with Crippen LogP contribution in [0.5, 0.6) is 0 Å². The standard InChI is InChI=1S/C10H17N3S/c11-10(13-12)14-6-9-5-7-1-3-8(9)4-2-7/h1,3,7-9H,2,4-6,12H2,(H2,11,13). The maximum absolute atomic E-state index is 5.56. The molecule has 3 aliphatic carbocycles. The van der Waals surface area contributed by atoms with Crippen molar-refractivity contribution in [3.05, 3.63) is 12.2 Å². The molecule has 0 spiro atoms. The number of nitrogens with zero attached hydrogens (tertiary/aromatic N) is 1. The molecule has 1 fully saturated rings. The summed E-state index contributed by atoms with van der Waals surface area (Å²) >= 11 is 1.59. The molecule has 78 valence electrons. The van der Waals surface area contributed by atoms with Crippen LogP contribution in [0.1, 0.15) is 19.3 Å². The molecule has 0 aromatic rings. The van der Waals surface area contributed by atoms with Crippen LogP contribution in [0.15, 0.2) is 17.3 Å². The number of amidine groups is 1. The molecule has 4 heteroatoms. The number of hydrogen-bond acceptors (Lipinski definition) is 3. The minimum atomic E-state index is 0.510. The highest BCUT2D eigenvalue weighted by molar-refractivity contribution is 8.13. The fourth-order valence-corrected chi connectivity index (χ4v) is 3.32. The van der Waals surface area contributed by atoms with Crippen molar-refractivity contribution in [1.82, 2.24) is 0 Å². The summed E-state index contributed by atoms with van der Waals surface area (Å²) in [6.45, 7) is 0. The quantitative estimate of drug-likeness (QED) is 0.239. The molecule has 0 aliphatic heterocycles. The van der Waals surface area contributed by atoms with Gasteiger partial charge in [-0.1, -0.05) is 23.9 Å². The Labute approximate surface area is 89.0 Å². The van der Waals surface area contributed by atoms with E-state index in [0.29, 0.717) is 5.17 Å². The summed E-state index contributed by atoms with van der Waals surface area (Å²) in [7, 11) is 0. The summed E-state index contributed by atoms with van der Waals surface area (Å²) in [6, 6.07) is 0. The van der Waals surface area contributed by atoms with Crippen LogP contribution in [0.25, 0.3) is 0 Å². The fraction of sp³-hybridized carbons (Fsp3) is 0.700. The van der Waals surface area contributed by atoms with Gasteiger partial charge in [0, 0.05) is 5.75 Å². The van der Waals surface area contributed by atoms with Gasteiger partial charge in [0.05, 0.1) is 0 Å². The van der Waals surface area contributed by atoms with E-state index in [1.54, 1.807) is 11.8 Å². The summed E-state index contributed by atoms with van der Waals surface area (Å²) in [4.78, 5) is 0. The lowest BCUT2D eigenvalue weighted by atomic mass is 9.70. The Morgan fingerprint density at radius 1 is 1.43 bits per heavy atom. The molecule has 0 saturated heterocycles. The minimum Gasteiger partial charge on any atom is -0.377 e. The molecule has 3 rings (SSSR count). The maximum Gasteiger partial charge on any atom is 0.177 e. The Hall–Kier alpha value is -0.640. The van der Waals surface area contributed by atoms with Crippen molar-refractivity contribution >= 4 is 16.9 Å². The van der Waals surface area contributed by atoms with E-state index in [-0.39, 0.29) is 0 Å². The molecule has 14 heavy (non-hydrogen) atoms. The predicted molar refractivity (Wildman–Crippen MR) is 61.7 cm³/mol. The average Bonchev–Trinajstić information content (AvgIpc) is 2.27. The largest absolute Gasteiger partial charge is 0.377 e. The maximum atomic E-state index is 5.56. The second-order valence-corrected chi connectivity index (χ2v) is 5.20. The van der Waals surface area contributed by atoms with Crippen LogP contribution in [-0.2, 0) is 0 Å². The van der Waals surface area contributed by atoms with Crippen LogP contribution in [0.2, 0.25) is 0 Å². The highest BCUT2D eigenvalue weighted by Crippen LogP contribution is 2.41. The summed E-state index contributed by atoms with van der Waals surface area (Å²) in [6.07, 6.45) is 8.83. The van der Waals surface area contributed by atoms with Gasteiger partial charge in [-0.15, -0.1) is 0 Å². The molecular weight excluding hydrogens is 194 g/mol. The van der Waals surface area contributed by atoms with E-state index in [9.17, 15) is 0 Å². The number of allylic oxidation sites excluding steroid dienone is 2. The molecule has 3 nitrogen and oxygen atoms in total. The topological polar surface area (TPSA) is 64.4 Å². The lowest BCUT2D eigenvalue weighted by Crippen LogP contribution is -2.29. The zero-order valence-corrected chi connectivity index (χ0v) is 9.04. The lowest BCUT2D eigenvalue weighted by Gasteiger charge is -2.37. The normalized spacial score (nSPS) is 36.3. The molecule has 0 aromatic carbocycles. The minimum absolute atomic E-state index is 0.510. The van der Waals surface area contributed by atoms with Crippen LogP contribution >= 0.6 is 11.8 Å². The first-order valence-electron chi connectivity index (χ1n) is 5.14. The average molecular weight is 211 g/mol. The molecular formula is C10H17N3S. The van der Waals surface area contributed by atoms with Gasteiger partial charge < -0.3 is 11.6 Å². The molecule has 4 N–H and O–H groups in total. The monoisotopic (exact) mass is 211 g/mol. The molecule has 0 amide bonds. The van der Waals surface area contributed by atoms with Crippen molar-refractivity contribution in [2.24, 2.45) is 34.4 Å². The van der Waals surface area contributed by atoms with E-state index < -0.39 is 0 Å². The number of hydrogen-bond donors (Lipinski definition) is 2. The number of hydrazone groups is 1.